The molecule has 5 nitrogen and oxygen atoms in total. The normalized spacial score (nSPS) is 15.2. The summed E-state index contributed by atoms with van der Waals surface area (Å²) in [5.41, 5.74) is 0. The lowest BCUT2D eigenvalue weighted by molar-refractivity contribution is -0.133. The van der Waals surface area contributed by atoms with Crippen LogP contribution in [0, 0.1) is 0 Å². The van der Waals surface area contributed by atoms with Crippen molar-refractivity contribution in [2.45, 2.75) is 6.42 Å². The Morgan fingerprint density at radius 3 is 2.48 bits per heavy atom. The third-order valence-corrected chi connectivity index (χ3v) is 3.44. The van der Waals surface area contributed by atoms with E-state index in [4.69, 9.17) is 4.74 Å². The average Bonchev–Trinajstić information content (AvgIpc) is 2.79. The van der Waals surface area contributed by atoms with Gasteiger partial charge in [0, 0.05) is 26.2 Å². The maximum Gasteiger partial charge on any atom is 0.260 e. The van der Waals surface area contributed by atoms with Crippen molar-refractivity contribution >= 4 is 11.8 Å². The predicted octanol–water partition coefficient (Wildman–Crippen LogP) is 1.31. The zero-order chi connectivity index (χ0) is 15.1. The van der Waals surface area contributed by atoms with E-state index in [1.807, 2.05) is 30.3 Å². The number of para-hydroxylation sites is 1. The fourth-order valence-electron chi connectivity index (χ4n) is 2.27. The van der Waals surface area contributed by atoms with Crippen molar-refractivity contribution < 1.29 is 14.3 Å². The van der Waals surface area contributed by atoms with Crippen molar-refractivity contribution in [1.29, 1.82) is 0 Å². The van der Waals surface area contributed by atoms with Crippen LogP contribution < -0.4 is 4.74 Å². The van der Waals surface area contributed by atoms with Gasteiger partial charge in [-0.25, -0.2) is 0 Å². The van der Waals surface area contributed by atoms with E-state index in [1.54, 1.807) is 9.80 Å². The van der Waals surface area contributed by atoms with E-state index in [-0.39, 0.29) is 18.4 Å². The molecule has 0 atom stereocenters. The summed E-state index contributed by atoms with van der Waals surface area (Å²) < 4.78 is 5.47. The Labute approximate surface area is 124 Å². The lowest BCUT2D eigenvalue weighted by Gasteiger charge is -2.21. The number of ether oxygens (including phenoxy) is 1. The lowest BCUT2D eigenvalue weighted by atomic mass is 10.3. The van der Waals surface area contributed by atoms with Crippen LogP contribution in [0.25, 0.3) is 0 Å². The molecule has 112 valence electrons. The molecule has 21 heavy (non-hydrogen) atoms. The third-order valence-electron chi connectivity index (χ3n) is 3.44. The van der Waals surface area contributed by atoms with E-state index in [9.17, 15) is 9.59 Å². The molecule has 0 unspecified atom stereocenters. The zero-order valence-corrected chi connectivity index (χ0v) is 12.0. The smallest absolute Gasteiger partial charge is 0.260 e. The lowest BCUT2D eigenvalue weighted by Crippen LogP contribution is -2.38. The number of hydrogen-bond acceptors (Lipinski definition) is 3. The van der Waals surface area contributed by atoms with Gasteiger partial charge in [0.1, 0.15) is 5.75 Å². The Balaban J connectivity index is 1.83. The number of carbonyl (C=O) groups excluding carboxylic acids is 2. The third kappa shape index (κ3) is 4.34. The number of amides is 2. The largest absolute Gasteiger partial charge is 0.484 e. The molecule has 1 aromatic carbocycles. The molecule has 1 heterocycles. The fraction of sp³-hybridized carbons (Fsp3) is 0.375. The molecule has 5 heteroatoms. The molecule has 0 N–H and O–H groups in total. The maximum absolute atomic E-state index is 12.1. The van der Waals surface area contributed by atoms with Crippen LogP contribution in [0.4, 0.5) is 0 Å². The first-order chi connectivity index (χ1) is 10.2. The summed E-state index contributed by atoms with van der Waals surface area (Å²) >= 11 is 0. The van der Waals surface area contributed by atoms with Gasteiger partial charge in [0.05, 0.1) is 0 Å². The Morgan fingerprint density at radius 2 is 1.76 bits per heavy atom. The second kappa shape index (κ2) is 7.47. The molecule has 2 rings (SSSR count). The van der Waals surface area contributed by atoms with Gasteiger partial charge in [-0.05, 0) is 24.6 Å². The number of benzene rings is 1. The second-order valence-electron chi connectivity index (χ2n) is 4.87. The number of rotatable bonds is 4. The van der Waals surface area contributed by atoms with E-state index >= 15 is 0 Å². The molecule has 0 aromatic heterocycles. The van der Waals surface area contributed by atoms with Gasteiger partial charge >= 0.3 is 0 Å². The first-order valence-corrected chi connectivity index (χ1v) is 7.07. The highest BCUT2D eigenvalue weighted by Crippen LogP contribution is 2.09. The van der Waals surface area contributed by atoms with Gasteiger partial charge in [0.15, 0.2) is 6.61 Å². The average molecular weight is 288 g/mol. The topological polar surface area (TPSA) is 49.9 Å². The number of carbonyl (C=O) groups is 2. The van der Waals surface area contributed by atoms with Gasteiger partial charge < -0.3 is 14.5 Å². The molecular weight excluding hydrogens is 268 g/mol. The van der Waals surface area contributed by atoms with Crippen LogP contribution in [0.3, 0.4) is 0 Å². The molecule has 0 saturated carbocycles. The molecule has 1 saturated heterocycles. The summed E-state index contributed by atoms with van der Waals surface area (Å²) in [6, 6.07) is 9.27. The van der Waals surface area contributed by atoms with Crippen molar-refractivity contribution in [2.24, 2.45) is 0 Å². The molecule has 0 bridgehead atoms. The summed E-state index contributed by atoms with van der Waals surface area (Å²) in [4.78, 5) is 27.2. The summed E-state index contributed by atoms with van der Waals surface area (Å²) in [5, 5.41) is 0. The molecule has 1 fully saturated rings. The standard InChI is InChI=1S/C16H20N2O3/c1-2-15(19)17-9-6-10-18(12-11-17)16(20)13-21-14-7-4-3-5-8-14/h2-5,7-8H,1,6,9-13H2. The monoisotopic (exact) mass is 288 g/mol. The minimum absolute atomic E-state index is 0.0272. The van der Waals surface area contributed by atoms with E-state index in [2.05, 4.69) is 6.58 Å². The molecule has 1 aliphatic rings. The molecule has 2 amide bonds. The molecule has 0 radical (unpaired) electrons. The Hall–Kier alpha value is -2.30. The predicted molar refractivity (Wildman–Crippen MR) is 79.9 cm³/mol. The van der Waals surface area contributed by atoms with Crippen molar-refractivity contribution in [3.8, 4) is 5.75 Å². The van der Waals surface area contributed by atoms with Crippen molar-refractivity contribution in [3.63, 3.8) is 0 Å². The highest BCUT2D eigenvalue weighted by molar-refractivity contribution is 5.87. The van der Waals surface area contributed by atoms with Gasteiger partial charge in [-0.15, -0.1) is 0 Å². The van der Waals surface area contributed by atoms with Gasteiger partial charge in [-0.2, -0.15) is 0 Å². The van der Waals surface area contributed by atoms with E-state index in [0.717, 1.165) is 6.42 Å². The van der Waals surface area contributed by atoms with Crippen LogP contribution in [-0.2, 0) is 9.59 Å². The Bertz CT molecular complexity index is 502. The van der Waals surface area contributed by atoms with E-state index in [1.165, 1.54) is 6.08 Å². The Morgan fingerprint density at radius 1 is 1.10 bits per heavy atom. The summed E-state index contributed by atoms with van der Waals surface area (Å²) in [5.74, 6) is 0.556. The van der Waals surface area contributed by atoms with Crippen molar-refractivity contribution in [1.82, 2.24) is 9.80 Å². The summed E-state index contributed by atoms with van der Waals surface area (Å²) in [6.07, 6.45) is 2.09. The minimum Gasteiger partial charge on any atom is -0.484 e. The Kier molecular flexibility index (Phi) is 5.37. The fourth-order valence-corrected chi connectivity index (χ4v) is 2.27. The highest BCUT2D eigenvalue weighted by Gasteiger charge is 2.20. The minimum atomic E-state index is -0.0789. The quantitative estimate of drug-likeness (QED) is 0.785. The molecule has 1 aliphatic heterocycles. The van der Waals surface area contributed by atoms with Gasteiger partial charge in [0.25, 0.3) is 5.91 Å². The molecule has 0 spiro atoms. The van der Waals surface area contributed by atoms with E-state index < -0.39 is 0 Å². The maximum atomic E-state index is 12.1. The van der Waals surface area contributed by atoms with Crippen molar-refractivity contribution in [2.75, 3.05) is 32.8 Å². The number of nitrogens with zero attached hydrogens (tertiary/aromatic N) is 2. The van der Waals surface area contributed by atoms with Crippen LogP contribution >= 0.6 is 0 Å². The summed E-state index contributed by atoms with van der Waals surface area (Å²) in [7, 11) is 0. The first-order valence-electron chi connectivity index (χ1n) is 7.07. The van der Waals surface area contributed by atoms with Gasteiger partial charge in [-0.1, -0.05) is 24.8 Å². The molecule has 0 aliphatic carbocycles. The molecular formula is C16H20N2O3. The van der Waals surface area contributed by atoms with E-state index in [0.29, 0.717) is 31.9 Å². The van der Waals surface area contributed by atoms with Crippen molar-refractivity contribution in [3.05, 3.63) is 43.0 Å². The van der Waals surface area contributed by atoms with Crippen LogP contribution in [0.2, 0.25) is 0 Å². The molecule has 1 aromatic rings. The van der Waals surface area contributed by atoms with Crippen LogP contribution in [0.15, 0.2) is 43.0 Å². The van der Waals surface area contributed by atoms with Crippen LogP contribution in [0.5, 0.6) is 5.75 Å². The van der Waals surface area contributed by atoms with Crippen LogP contribution in [-0.4, -0.2) is 54.4 Å². The second-order valence-corrected chi connectivity index (χ2v) is 4.87. The SMILES string of the molecule is C=CC(=O)N1CCCN(C(=O)COc2ccccc2)CC1. The summed E-state index contributed by atoms with van der Waals surface area (Å²) in [6.45, 7) is 5.91. The van der Waals surface area contributed by atoms with Gasteiger partial charge in [-0.3, -0.25) is 9.59 Å². The van der Waals surface area contributed by atoms with Gasteiger partial charge in [0.2, 0.25) is 5.91 Å². The highest BCUT2D eigenvalue weighted by atomic mass is 16.5. The zero-order valence-electron chi connectivity index (χ0n) is 12.0. The number of hydrogen-bond donors (Lipinski definition) is 0. The first kappa shape index (κ1) is 15.1. The van der Waals surface area contributed by atoms with Crippen LogP contribution in [0.1, 0.15) is 6.42 Å².